The zero-order valence-electron chi connectivity index (χ0n) is 17.5. The van der Waals surface area contributed by atoms with Crippen LogP contribution in [0.5, 0.6) is 5.75 Å². The van der Waals surface area contributed by atoms with Crippen molar-refractivity contribution >= 4 is 23.4 Å². The lowest BCUT2D eigenvalue weighted by atomic mass is 9.90. The molecule has 8 nitrogen and oxygen atoms in total. The lowest BCUT2D eigenvalue weighted by Gasteiger charge is -2.39. The topological polar surface area (TPSA) is 85.1 Å². The first kappa shape index (κ1) is 21.6. The van der Waals surface area contributed by atoms with Gasteiger partial charge in [0, 0.05) is 50.0 Å². The van der Waals surface area contributed by atoms with Crippen LogP contribution >= 0.6 is 11.6 Å². The van der Waals surface area contributed by atoms with E-state index in [0.29, 0.717) is 68.7 Å². The molecule has 0 spiro atoms. The summed E-state index contributed by atoms with van der Waals surface area (Å²) in [5, 5.41) is 0.634. The number of benzene rings is 1. The number of aryl methyl sites for hydroxylation is 1. The van der Waals surface area contributed by atoms with Crippen LogP contribution in [-0.2, 0) is 9.53 Å². The molecule has 3 heterocycles. The van der Waals surface area contributed by atoms with Crippen molar-refractivity contribution < 1.29 is 23.5 Å². The molecule has 2 atom stereocenters. The number of oxazole rings is 1. The van der Waals surface area contributed by atoms with Gasteiger partial charge in [0.2, 0.25) is 11.7 Å². The summed E-state index contributed by atoms with van der Waals surface area (Å²) in [6.07, 6.45) is 2.00. The fraction of sp³-hybridized carbons (Fsp3) is 0.500. The zero-order valence-corrected chi connectivity index (χ0v) is 18.2. The lowest BCUT2D eigenvalue weighted by molar-refractivity contribution is -0.137. The molecule has 1 aromatic heterocycles. The van der Waals surface area contributed by atoms with E-state index in [1.807, 2.05) is 17.0 Å². The van der Waals surface area contributed by atoms with E-state index in [1.54, 1.807) is 24.0 Å². The molecule has 0 N–H and O–H groups in total. The van der Waals surface area contributed by atoms with Crippen LogP contribution in [0, 0.1) is 12.8 Å². The molecule has 4 rings (SSSR count). The van der Waals surface area contributed by atoms with E-state index in [9.17, 15) is 9.59 Å². The molecule has 31 heavy (non-hydrogen) atoms. The molecule has 2 saturated heterocycles. The second-order valence-corrected chi connectivity index (χ2v) is 8.31. The average Bonchev–Trinajstić information content (AvgIpc) is 3.22. The van der Waals surface area contributed by atoms with Crippen LogP contribution in [-0.4, -0.2) is 72.1 Å². The Morgan fingerprint density at radius 2 is 1.90 bits per heavy atom. The number of hydrogen-bond acceptors (Lipinski definition) is 6. The number of aromatic nitrogens is 1. The molecule has 2 aromatic rings. The van der Waals surface area contributed by atoms with Gasteiger partial charge in [-0.05, 0) is 31.2 Å². The van der Waals surface area contributed by atoms with Crippen molar-refractivity contribution in [2.75, 3.05) is 39.4 Å². The third-order valence-corrected chi connectivity index (χ3v) is 6.04. The van der Waals surface area contributed by atoms with E-state index in [4.69, 9.17) is 25.5 Å². The number of morpholine rings is 1. The van der Waals surface area contributed by atoms with E-state index >= 15 is 0 Å². The fourth-order valence-electron chi connectivity index (χ4n) is 4.05. The van der Waals surface area contributed by atoms with Crippen LogP contribution in [0.25, 0.3) is 0 Å². The quantitative estimate of drug-likeness (QED) is 0.700. The summed E-state index contributed by atoms with van der Waals surface area (Å²) < 4.78 is 16.9. The maximum Gasteiger partial charge on any atom is 0.291 e. The smallest absolute Gasteiger partial charge is 0.291 e. The summed E-state index contributed by atoms with van der Waals surface area (Å²) in [5.41, 5.74) is 0.561. The SMILES string of the molecule is Cc1ncoc1C(=O)N1CC[C@H](Oc2ccc(Cl)cc2)[C@@H](CC(=O)N2CCOCC2)C1. The summed E-state index contributed by atoms with van der Waals surface area (Å²) in [5.74, 6) is 0.651. The van der Waals surface area contributed by atoms with Gasteiger partial charge in [0.25, 0.3) is 5.91 Å². The van der Waals surface area contributed by atoms with E-state index in [-0.39, 0.29) is 29.6 Å². The molecule has 166 valence electrons. The van der Waals surface area contributed by atoms with Crippen molar-refractivity contribution in [1.29, 1.82) is 0 Å². The first-order chi connectivity index (χ1) is 15.0. The number of nitrogens with zero attached hydrogens (tertiary/aromatic N) is 3. The Hall–Kier alpha value is -2.58. The number of rotatable bonds is 5. The molecule has 9 heteroatoms. The number of ether oxygens (including phenoxy) is 2. The molecule has 0 radical (unpaired) electrons. The van der Waals surface area contributed by atoms with E-state index in [0.717, 1.165) is 0 Å². The van der Waals surface area contributed by atoms with Crippen LogP contribution in [0.1, 0.15) is 29.1 Å². The van der Waals surface area contributed by atoms with Gasteiger partial charge in [-0.3, -0.25) is 9.59 Å². The van der Waals surface area contributed by atoms with Gasteiger partial charge in [0.15, 0.2) is 6.39 Å². The van der Waals surface area contributed by atoms with Gasteiger partial charge < -0.3 is 23.7 Å². The van der Waals surface area contributed by atoms with Gasteiger partial charge in [-0.25, -0.2) is 4.98 Å². The number of piperidine rings is 1. The Morgan fingerprint density at radius 1 is 1.16 bits per heavy atom. The Morgan fingerprint density at radius 3 is 2.58 bits per heavy atom. The van der Waals surface area contributed by atoms with Crippen LogP contribution < -0.4 is 4.74 Å². The highest BCUT2D eigenvalue weighted by Crippen LogP contribution is 2.28. The van der Waals surface area contributed by atoms with Crippen molar-refractivity contribution in [3.8, 4) is 5.75 Å². The van der Waals surface area contributed by atoms with Crippen molar-refractivity contribution in [2.24, 2.45) is 5.92 Å². The number of halogens is 1. The highest BCUT2D eigenvalue weighted by atomic mass is 35.5. The lowest BCUT2D eigenvalue weighted by Crippen LogP contribution is -2.50. The number of hydrogen-bond donors (Lipinski definition) is 0. The standard InChI is InChI=1S/C22H26ClN3O5/c1-15-21(30-14-24-15)22(28)26-7-6-19(31-18-4-2-17(23)3-5-18)16(13-26)12-20(27)25-8-10-29-11-9-25/h2-5,14,16,19H,6-13H2,1H3/t16-,19-/m0/s1. The molecule has 0 bridgehead atoms. The maximum absolute atomic E-state index is 12.9. The second-order valence-electron chi connectivity index (χ2n) is 7.87. The average molecular weight is 448 g/mol. The van der Waals surface area contributed by atoms with Crippen molar-refractivity contribution in [2.45, 2.75) is 25.9 Å². The van der Waals surface area contributed by atoms with Crippen LogP contribution in [0.4, 0.5) is 0 Å². The number of likely N-dealkylation sites (tertiary alicyclic amines) is 1. The first-order valence-electron chi connectivity index (χ1n) is 10.5. The minimum atomic E-state index is -0.205. The predicted octanol–water partition coefficient (Wildman–Crippen LogP) is 2.80. The second kappa shape index (κ2) is 9.70. The third-order valence-electron chi connectivity index (χ3n) is 5.79. The summed E-state index contributed by atoms with van der Waals surface area (Å²) >= 11 is 5.98. The molecule has 2 aliphatic heterocycles. The Kier molecular flexibility index (Phi) is 6.77. The molecule has 2 fully saturated rings. The van der Waals surface area contributed by atoms with Crippen molar-refractivity contribution in [1.82, 2.24) is 14.8 Å². The summed E-state index contributed by atoms with van der Waals surface area (Å²) in [6, 6.07) is 7.18. The Balaban J connectivity index is 1.48. The maximum atomic E-state index is 12.9. The largest absolute Gasteiger partial charge is 0.490 e. The van der Waals surface area contributed by atoms with Crippen molar-refractivity contribution in [3.05, 3.63) is 47.1 Å². The molecule has 2 aliphatic rings. The summed E-state index contributed by atoms with van der Waals surface area (Å²) in [6.45, 7) is 4.95. The molecule has 0 aliphatic carbocycles. The van der Waals surface area contributed by atoms with Gasteiger partial charge in [-0.2, -0.15) is 0 Å². The Labute approximate surface area is 186 Å². The predicted molar refractivity (Wildman–Crippen MR) is 113 cm³/mol. The van der Waals surface area contributed by atoms with Gasteiger partial charge in [0.05, 0.1) is 18.9 Å². The minimum Gasteiger partial charge on any atom is -0.490 e. The third kappa shape index (κ3) is 5.19. The van der Waals surface area contributed by atoms with Gasteiger partial charge in [-0.1, -0.05) is 11.6 Å². The monoisotopic (exact) mass is 447 g/mol. The normalized spacial score (nSPS) is 21.7. The zero-order chi connectivity index (χ0) is 21.8. The number of amides is 2. The van der Waals surface area contributed by atoms with Gasteiger partial charge >= 0.3 is 0 Å². The van der Waals surface area contributed by atoms with Gasteiger partial charge in [-0.15, -0.1) is 0 Å². The number of carbonyl (C=O) groups excluding carboxylic acids is 2. The molecule has 0 unspecified atom stereocenters. The molecule has 1 aromatic carbocycles. The molecule has 2 amide bonds. The van der Waals surface area contributed by atoms with E-state index in [2.05, 4.69) is 4.98 Å². The van der Waals surface area contributed by atoms with E-state index in [1.165, 1.54) is 6.39 Å². The first-order valence-corrected chi connectivity index (χ1v) is 10.9. The van der Waals surface area contributed by atoms with Crippen LogP contribution in [0.15, 0.2) is 35.1 Å². The molecular formula is C22H26ClN3O5. The highest BCUT2D eigenvalue weighted by molar-refractivity contribution is 6.30. The van der Waals surface area contributed by atoms with Crippen molar-refractivity contribution in [3.63, 3.8) is 0 Å². The minimum absolute atomic E-state index is 0.0585. The molecule has 0 saturated carbocycles. The summed E-state index contributed by atoms with van der Waals surface area (Å²) in [7, 11) is 0. The Bertz CT molecular complexity index is 910. The highest BCUT2D eigenvalue weighted by Gasteiger charge is 2.37. The van der Waals surface area contributed by atoms with Crippen LogP contribution in [0.3, 0.4) is 0 Å². The summed E-state index contributed by atoms with van der Waals surface area (Å²) in [4.78, 5) is 33.4. The van der Waals surface area contributed by atoms with Crippen LogP contribution in [0.2, 0.25) is 5.02 Å². The van der Waals surface area contributed by atoms with E-state index < -0.39 is 0 Å². The number of carbonyl (C=O) groups is 2. The molecular weight excluding hydrogens is 422 g/mol. The van der Waals surface area contributed by atoms with Gasteiger partial charge in [0.1, 0.15) is 11.9 Å². The fourth-order valence-corrected chi connectivity index (χ4v) is 4.18.